The molecule has 6 nitrogen and oxygen atoms in total. The quantitative estimate of drug-likeness (QED) is 0.662. The van der Waals surface area contributed by atoms with Crippen LogP contribution in [0.4, 0.5) is 4.79 Å². The summed E-state index contributed by atoms with van der Waals surface area (Å²) >= 11 is 0. The van der Waals surface area contributed by atoms with Gasteiger partial charge in [0, 0.05) is 26.7 Å². The Kier molecular flexibility index (Phi) is 6.51. The van der Waals surface area contributed by atoms with Gasteiger partial charge in [0.25, 0.3) is 0 Å². The molecule has 0 aliphatic heterocycles. The predicted molar refractivity (Wildman–Crippen MR) is 75.6 cm³/mol. The highest BCUT2D eigenvalue weighted by molar-refractivity contribution is 5.78. The highest BCUT2D eigenvalue weighted by Gasteiger charge is 2.41. The van der Waals surface area contributed by atoms with Gasteiger partial charge in [-0.1, -0.05) is 18.9 Å². The first-order valence-electron chi connectivity index (χ1n) is 6.92. The number of urea groups is 1. The Morgan fingerprint density at radius 2 is 2.10 bits per heavy atom. The number of carboxylic acid groups (broad SMARTS) is 1. The average Bonchev–Trinajstić information content (AvgIpc) is 2.91. The van der Waals surface area contributed by atoms with Crippen LogP contribution in [0.25, 0.3) is 0 Å². The summed E-state index contributed by atoms with van der Waals surface area (Å²) in [5.41, 5.74) is -0.795. The Labute approximate surface area is 119 Å². The second-order valence-corrected chi connectivity index (χ2v) is 5.18. The van der Waals surface area contributed by atoms with Crippen LogP contribution in [0.2, 0.25) is 0 Å². The largest absolute Gasteiger partial charge is 0.481 e. The van der Waals surface area contributed by atoms with Crippen LogP contribution in [0.3, 0.4) is 0 Å². The van der Waals surface area contributed by atoms with Crippen molar-refractivity contribution in [3.8, 4) is 0 Å². The van der Waals surface area contributed by atoms with Crippen molar-refractivity contribution in [3.05, 3.63) is 12.7 Å². The number of amides is 2. The maximum atomic E-state index is 12.1. The molecule has 6 heteroatoms. The molecule has 1 rings (SSSR count). The summed E-state index contributed by atoms with van der Waals surface area (Å²) in [4.78, 5) is 25.0. The van der Waals surface area contributed by atoms with E-state index >= 15 is 0 Å². The Balaban J connectivity index is 2.54. The van der Waals surface area contributed by atoms with Gasteiger partial charge >= 0.3 is 12.0 Å². The van der Waals surface area contributed by atoms with Gasteiger partial charge < -0.3 is 20.1 Å². The van der Waals surface area contributed by atoms with Crippen LogP contribution in [0, 0.1) is 5.41 Å². The molecule has 1 aliphatic rings. The zero-order valence-corrected chi connectivity index (χ0v) is 12.1. The van der Waals surface area contributed by atoms with Crippen LogP contribution >= 0.6 is 0 Å². The van der Waals surface area contributed by atoms with Crippen molar-refractivity contribution < 1.29 is 19.4 Å². The van der Waals surface area contributed by atoms with Crippen molar-refractivity contribution in [3.63, 3.8) is 0 Å². The minimum Gasteiger partial charge on any atom is -0.481 e. The van der Waals surface area contributed by atoms with Gasteiger partial charge in [-0.25, -0.2) is 4.79 Å². The lowest BCUT2D eigenvalue weighted by Crippen LogP contribution is -2.47. The summed E-state index contributed by atoms with van der Waals surface area (Å²) in [5, 5.41) is 12.1. The summed E-state index contributed by atoms with van der Waals surface area (Å²) in [6.07, 6.45) is 4.70. The number of aliphatic carboxylic acids is 1. The lowest BCUT2D eigenvalue weighted by atomic mass is 9.86. The number of nitrogens with zero attached hydrogens (tertiary/aromatic N) is 1. The number of carboxylic acids is 1. The van der Waals surface area contributed by atoms with Crippen LogP contribution < -0.4 is 5.32 Å². The molecule has 0 bridgehead atoms. The molecule has 0 saturated heterocycles. The molecule has 2 amide bonds. The van der Waals surface area contributed by atoms with Crippen molar-refractivity contribution >= 4 is 12.0 Å². The highest BCUT2D eigenvalue weighted by atomic mass is 16.5. The fraction of sp³-hybridized carbons (Fsp3) is 0.714. The van der Waals surface area contributed by atoms with Gasteiger partial charge in [0.2, 0.25) is 0 Å². The molecule has 2 N–H and O–H groups in total. The zero-order chi connectivity index (χ0) is 15.0. The molecule has 0 aromatic rings. The van der Waals surface area contributed by atoms with Crippen molar-refractivity contribution in [1.82, 2.24) is 10.2 Å². The maximum Gasteiger partial charge on any atom is 0.317 e. The Bertz CT molecular complexity index is 351. The number of hydrogen-bond donors (Lipinski definition) is 2. The molecule has 0 atom stereocenters. The third kappa shape index (κ3) is 4.23. The minimum atomic E-state index is -0.817. The van der Waals surface area contributed by atoms with Crippen LogP contribution in [0.15, 0.2) is 12.7 Å². The predicted octanol–water partition coefficient (Wildman–Crippen LogP) is 1.48. The van der Waals surface area contributed by atoms with E-state index in [0.29, 0.717) is 32.5 Å². The number of carbonyl (C=O) groups is 2. The molecule has 114 valence electrons. The summed E-state index contributed by atoms with van der Waals surface area (Å²) < 4.78 is 4.95. The van der Waals surface area contributed by atoms with E-state index in [1.165, 1.54) is 0 Å². The van der Waals surface area contributed by atoms with Crippen LogP contribution in [-0.2, 0) is 9.53 Å². The van der Waals surface area contributed by atoms with Crippen molar-refractivity contribution in [2.75, 3.05) is 33.4 Å². The van der Waals surface area contributed by atoms with E-state index in [-0.39, 0.29) is 12.6 Å². The number of carbonyl (C=O) groups excluding carboxylic acids is 1. The summed E-state index contributed by atoms with van der Waals surface area (Å²) in [5.74, 6) is -0.817. The van der Waals surface area contributed by atoms with E-state index in [9.17, 15) is 14.7 Å². The number of nitrogens with one attached hydrogen (secondary N) is 1. The first-order valence-corrected chi connectivity index (χ1v) is 6.92. The van der Waals surface area contributed by atoms with Gasteiger partial charge in [0.1, 0.15) is 0 Å². The minimum absolute atomic E-state index is 0.182. The first kappa shape index (κ1) is 16.5. The second kappa shape index (κ2) is 7.89. The summed E-state index contributed by atoms with van der Waals surface area (Å²) in [6.45, 7) is 5.10. The molecule has 20 heavy (non-hydrogen) atoms. The van der Waals surface area contributed by atoms with Crippen molar-refractivity contribution in [2.24, 2.45) is 5.41 Å². The van der Waals surface area contributed by atoms with Crippen molar-refractivity contribution in [2.45, 2.75) is 25.7 Å². The monoisotopic (exact) mass is 284 g/mol. The SMILES string of the molecule is C=CCN(CCOC)C(=O)NCC1(C(=O)O)CCCC1. The third-order valence-electron chi connectivity index (χ3n) is 3.79. The van der Waals surface area contributed by atoms with E-state index in [2.05, 4.69) is 11.9 Å². The third-order valence-corrected chi connectivity index (χ3v) is 3.79. The molecular formula is C14H24N2O4. The Hall–Kier alpha value is -1.56. The summed E-state index contributed by atoms with van der Waals surface area (Å²) in [7, 11) is 1.57. The molecule has 0 spiro atoms. The number of ether oxygens (including phenoxy) is 1. The molecular weight excluding hydrogens is 260 g/mol. The van der Waals surface area contributed by atoms with Gasteiger partial charge in [0.15, 0.2) is 0 Å². The lowest BCUT2D eigenvalue weighted by Gasteiger charge is -2.27. The molecule has 0 unspecified atom stereocenters. The van der Waals surface area contributed by atoms with Gasteiger partial charge in [-0.2, -0.15) is 0 Å². The van der Waals surface area contributed by atoms with Gasteiger partial charge in [-0.3, -0.25) is 4.79 Å². The molecule has 1 aliphatic carbocycles. The standard InChI is InChI=1S/C14H24N2O4/c1-3-8-16(9-10-20-2)13(19)15-11-14(12(17)18)6-4-5-7-14/h3H,1,4-11H2,2H3,(H,15,19)(H,17,18). The fourth-order valence-corrected chi connectivity index (χ4v) is 2.51. The average molecular weight is 284 g/mol. The summed E-state index contributed by atoms with van der Waals surface area (Å²) in [6, 6.07) is -0.269. The first-order chi connectivity index (χ1) is 9.55. The van der Waals surface area contributed by atoms with Gasteiger partial charge in [0.05, 0.1) is 12.0 Å². The van der Waals surface area contributed by atoms with E-state index in [1.807, 2.05) is 0 Å². The second-order valence-electron chi connectivity index (χ2n) is 5.18. The topological polar surface area (TPSA) is 78.9 Å². The van der Waals surface area contributed by atoms with Gasteiger partial charge in [-0.05, 0) is 12.8 Å². The van der Waals surface area contributed by atoms with Crippen molar-refractivity contribution in [1.29, 1.82) is 0 Å². The van der Waals surface area contributed by atoms with E-state index in [4.69, 9.17) is 4.74 Å². The molecule has 0 radical (unpaired) electrons. The highest BCUT2D eigenvalue weighted by Crippen LogP contribution is 2.37. The van der Waals surface area contributed by atoms with Gasteiger partial charge in [-0.15, -0.1) is 6.58 Å². The van der Waals surface area contributed by atoms with E-state index in [1.54, 1.807) is 18.1 Å². The molecule has 1 saturated carbocycles. The number of methoxy groups -OCH3 is 1. The lowest BCUT2D eigenvalue weighted by molar-refractivity contribution is -0.148. The van der Waals surface area contributed by atoms with E-state index < -0.39 is 11.4 Å². The molecule has 1 fully saturated rings. The Morgan fingerprint density at radius 1 is 1.45 bits per heavy atom. The normalized spacial score (nSPS) is 16.6. The number of rotatable bonds is 8. The van der Waals surface area contributed by atoms with E-state index in [0.717, 1.165) is 12.8 Å². The molecule has 0 heterocycles. The maximum absolute atomic E-state index is 12.1. The molecule has 0 aromatic carbocycles. The fourth-order valence-electron chi connectivity index (χ4n) is 2.51. The number of hydrogen-bond acceptors (Lipinski definition) is 3. The molecule has 0 aromatic heterocycles. The smallest absolute Gasteiger partial charge is 0.317 e. The van der Waals surface area contributed by atoms with Crippen LogP contribution in [0.1, 0.15) is 25.7 Å². The Morgan fingerprint density at radius 3 is 2.60 bits per heavy atom. The van der Waals surface area contributed by atoms with Crippen LogP contribution in [-0.4, -0.2) is 55.4 Å². The van der Waals surface area contributed by atoms with Crippen LogP contribution in [0.5, 0.6) is 0 Å². The zero-order valence-electron chi connectivity index (χ0n) is 12.1.